The van der Waals surface area contributed by atoms with Crippen LogP contribution in [0.4, 0.5) is 10.1 Å². The predicted octanol–water partition coefficient (Wildman–Crippen LogP) is 3.52. The van der Waals surface area contributed by atoms with Crippen LogP contribution in [0.5, 0.6) is 0 Å². The average Bonchev–Trinajstić information content (AvgIpc) is 3.42. The zero-order chi connectivity index (χ0) is 18.9. The lowest BCUT2D eigenvalue weighted by atomic mass is 10.1. The Morgan fingerprint density at radius 3 is 2.42 bits per heavy atom. The molecule has 1 atom stereocenters. The topological polar surface area (TPSA) is 75.3 Å². The van der Waals surface area contributed by atoms with Crippen molar-refractivity contribution >= 4 is 21.6 Å². The van der Waals surface area contributed by atoms with E-state index in [1.165, 1.54) is 12.1 Å². The lowest BCUT2D eigenvalue weighted by molar-refractivity contribution is -0.117. The van der Waals surface area contributed by atoms with Crippen LogP contribution in [0.1, 0.15) is 36.9 Å². The van der Waals surface area contributed by atoms with Crippen LogP contribution in [0, 0.1) is 18.7 Å². The number of aryl methyl sites for hydroxylation is 1. The van der Waals surface area contributed by atoms with Gasteiger partial charge in [-0.3, -0.25) is 4.79 Å². The summed E-state index contributed by atoms with van der Waals surface area (Å²) in [6, 6.07) is 10.4. The molecule has 1 amide bonds. The molecule has 0 aromatic heterocycles. The summed E-state index contributed by atoms with van der Waals surface area (Å²) in [6.45, 7) is 3.39. The van der Waals surface area contributed by atoms with Gasteiger partial charge in [-0.15, -0.1) is 0 Å². The molecule has 138 valence electrons. The number of nitrogens with one attached hydrogen (secondary N) is 2. The van der Waals surface area contributed by atoms with Crippen molar-refractivity contribution in [2.45, 2.75) is 37.6 Å². The van der Waals surface area contributed by atoms with Gasteiger partial charge in [-0.1, -0.05) is 18.2 Å². The van der Waals surface area contributed by atoms with Crippen molar-refractivity contribution in [2.75, 3.05) is 5.32 Å². The van der Waals surface area contributed by atoms with Gasteiger partial charge in [-0.05, 0) is 62.1 Å². The molecule has 1 aliphatic rings. The van der Waals surface area contributed by atoms with Gasteiger partial charge in [-0.25, -0.2) is 17.5 Å². The molecule has 2 aromatic carbocycles. The quantitative estimate of drug-likeness (QED) is 0.810. The number of halogens is 1. The monoisotopic (exact) mass is 376 g/mol. The maximum absolute atomic E-state index is 13.9. The third-order valence-corrected chi connectivity index (χ3v) is 5.89. The fourth-order valence-corrected chi connectivity index (χ4v) is 4.02. The fraction of sp³-hybridized carbons (Fsp3) is 0.316. The zero-order valence-electron chi connectivity index (χ0n) is 14.6. The molecule has 5 nitrogen and oxygen atoms in total. The minimum atomic E-state index is -3.99. The van der Waals surface area contributed by atoms with Gasteiger partial charge in [0.1, 0.15) is 10.7 Å². The molecule has 7 heteroatoms. The van der Waals surface area contributed by atoms with E-state index in [2.05, 4.69) is 10.0 Å². The van der Waals surface area contributed by atoms with E-state index in [4.69, 9.17) is 0 Å². The largest absolute Gasteiger partial charge is 0.326 e. The molecule has 1 saturated carbocycles. The van der Waals surface area contributed by atoms with Gasteiger partial charge in [0.15, 0.2) is 0 Å². The lowest BCUT2D eigenvalue weighted by Gasteiger charge is -2.16. The normalized spacial score (nSPS) is 15.5. The number of hydrogen-bond acceptors (Lipinski definition) is 3. The van der Waals surface area contributed by atoms with Crippen molar-refractivity contribution < 1.29 is 17.6 Å². The van der Waals surface area contributed by atoms with Crippen LogP contribution in [-0.4, -0.2) is 14.3 Å². The second kappa shape index (κ2) is 7.17. The predicted molar refractivity (Wildman–Crippen MR) is 97.7 cm³/mol. The van der Waals surface area contributed by atoms with Gasteiger partial charge in [0.05, 0.1) is 0 Å². The first kappa shape index (κ1) is 18.5. The standard InChI is InChI=1S/C19H21FN2O3S/c1-12-3-10-17(20)18(11-12)26(24,25)22-13(2)14-6-8-16(9-7-14)21-19(23)15-4-5-15/h3,6-11,13,15,22H,4-5H2,1-2H3,(H,21,23). The van der Waals surface area contributed by atoms with Crippen LogP contribution >= 0.6 is 0 Å². The minimum absolute atomic E-state index is 0.0152. The molecule has 0 spiro atoms. The van der Waals surface area contributed by atoms with Crippen molar-refractivity contribution in [3.63, 3.8) is 0 Å². The van der Waals surface area contributed by atoms with Crippen LogP contribution in [0.3, 0.4) is 0 Å². The van der Waals surface area contributed by atoms with E-state index in [1.54, 1.807) is 38.1 Å². The summed E-state index contributed by atoms with van der Waals surface area (Å²) in [5.74, 6) is -0.653. The van der Waals surface area contributed by atoms with Gasteiger partial charge in [0.25, 0.3) is 0 Å². The summed E-state index contributed by atoms with van der Waals surface area (Å²) in [4.78, 5) is 11.4. The van der Waals surface area contributed by atoms with Gasteiger partial charge in [0.2, 0.25) is 15.9 Å². The molecular formula is C19H21FN2O3S. The molecule has 1 aliphatic carbocycles. The summed E-state index contributed by atoms with van der Waals surface area (Å²) < 4.78 is 41.3. The third kappa shape index (κ3) is 4.28. The molecule has 2 N–H and O–H groups in total. The first-order valence-corrected chi connectivity index (χ1v) is 9.94. The first-order valence-electron chi connectivity index (χ1n) is 8.45. The van der Waals surface area contributed by atoms with Crippen LogP contribution in [0.25, 0.3) is 0 Å². The molecule has 0 radical (unpaired) electrons. The molecule has 0 saturated heterocycles. The van der Waals surface area contributed by atoms with E-state index in [-0.39, 0.29) is 16.7 Å². The zero-order valence-corrected chi connectivity index (χ0v) is 15.4. The van der Waals surface area contributed by atoms with Gasteiger partial charge >= 0.3 is 0 Å². The van der Waals surface area contributed by atoms with Gasteiger partial charge in [-0.2, -0.15) is 0 Å². The molecule has 0 bridgehead atoms. The molecule has 2 aromatic rings. The lowest BCUT2D eigenvalue weighted by Crippen LogP contribution is -2.27. The van der Waals surface area contributed by atoms with E-state index >= 15 is 0 Å². The Morgan fingerprint density at radius 1 is 1.15 bits per heavy atom. The smallest absolute Gasteiger partial charge is 0.244 e. The Kier molecular flexibility index (Phi) is 5.11. The highest BCUT2D eigenvalue weighted by atomic mass is 32.2. The van der Waals surface area contributed by atoms with Crippen molar-refractivity contribution in [2.24, 2.45) is 5.92 Å². The summed E-state index contributed by atoms with van der Waals surface area (Å²) in [6.07, 6.45) is 1.86. The molecule has 3 rings (SSSR count). The number of carbonyl (C=O) groups excluding carboxylic acids is 1. The van der Waals surface area contributed by atoms with E-state index in [1.807, 2.05) is 0 Å². The SMILES string of the molecule is Cc1ccc(F)c(S(=O)(=O)NC(C)c2ccc(NC(=O)C3CC3)cc2)c1. The van der Waals surface area contributed by atoms with Crippen molar-refractivity contribution in [1.29, 1.82) is 0 Å². The highest BCUT2D eigenvalue weighted by Gasteiger charge is 2.29. The molecular weight excluding hydrogens is 355 g/mol. The van der Waals surface area contributed by atoms with Crippen LogP contribution in [0.2, 0.25) is 0 Å². The number of carbonyl (C=O) groups is 1. The molecule has 0 heterocycles. The Bertz CT molecular complexity index is 922. The Hall–Kier alpha value is -2.25. The fourth-order valence-electron chi connectivity index (χ4n) is 2.63. The first-order chi connectivity index (χ1) is 12.3. The van der Waals surface area contributed by atoms with Crippen LogP contribution in [0.15, 0.2) is 47.4 Å². The van der Waals surface area contributed by atoms with E-state index in [0.717, 1.165) is 18.9 Å². The number of rotatable bonds is 6. The summed E-state index contributed by atoms with van der Waals surface area (Å²) in [7, 11) is -3.99. The van der Waals surface area contributed by atoms with Gasteiger partial charge in [0, 0.05) is 17.6 Å². The highest BCUT2D eigenvalue weighted by Crippen LogP contribution is 2.30. The Morgan fingerprint density at radius 2 is 1.81 bits per heavy atom. The Balaban J connectivity index is 1.71. The maximum atomic E-state index is 13.9. The number of anilines is 1. The maximum Gasteiger partial charge on any atom is 0.244 e. The number of amides is 1. The summed E-state index contributed by atoms with van der Waals surface area (Å²) in [5.41, 5.74) is 2.05. The van der Waals surface area contributed by atoms with Crippen molar-refractivity contribution in [3.8, 4) is 0 Å². The van der Waals surface area contributed by atoms with Gasteiger partial charge < -0.3 is 5.32 Å². The number of hydrogen-bond donors (Lipinski definition) is 2. The van der Waals surface area contributed by atoms with E-state index < -0.39 is 21.9 Å². The second-order valence-electron chi connectivity index (χ2n) is 6.66. The third-order valence-electron chi connectivity index (χ3n) is 4.33. The second-order valence-corrected chi connectivity index (χ2v) is 8.34. The van der Waals surface area contributed by atoms with Crippen LogP contribution in [-0.2, 0) is 14.8 Å². The highest BCUT2D eigenvalue weighted by molar-refractivity contribution is 7.89. The minimum Gasteiger partial charge on any atom is -0.326 e. The van der Waals surface area contributed by atoms with Crippen LogP contribution < -0.4 is 10.0 Å². The summed E-state index contributed by atoms with van der Waals surface area (Å²) in [5, 5.41) is 2.83. The van der Waals surface area contributed by atoms with Crippen molar-refractivity contribution in [1.82, 2.24) is 4.72 Å². The number of sulfonamides is 1. The molecule has 1 fully saturated rings. The molecule has 1 unspecified atom stereocenters. The van der Waals surface area contributed by atoms with Crippen molar-refractivity contribution in [3.05, 3.63) is 59.4 Å². The average molecular weight is 376 g/mol. The van der Waals surface area contributed by atoms with E-state index in [9.17, 15) is 17.6 Å². The summed E-state index contributed by atoms with van der Waals surface area (Å²) >= 11 is 0. The van der Waals surface area contributed by atoms with E-state index in [0.29, 0.717) is 16.8 Å². The molecule has 0 aliphatic heterocycles. The number of benzene rings is 2. The molecule has 26 heavy (non-hydrogen) atoms. The Labute approximate surface area is 152 Å².